The van der Waals surface area contributed by atoms with E-state index in [4.69, 9.17) is 0 Å². The first kappa shape index (κ1) is 14.2. The fourth-order valence-electron chi connectivity index (χ4n) is 1.85. The Labute approximate surface area is 108 Å². The molecule has 0 fully saturated rings. The summed E-state index contributed by atoms with van der Waals surface area (Å²) < 4.78 is 0. The average molecular weight is 245 g/mol. The topological polar surface area (TPSA) is 61.1 Å². The van der Waals surface area contributed by atoms with Crippen LogP contribution in [0.3, 0.4) is 0 Å². The minimum absolute atomic E-state index is 0.0721. The van der Waals surface area contributed by atoms with Gasteiger partial charge in [0.25, 0.3) is 0 Å². The van der Waals surface area contributed by atoms with Crippen LogP contribution < -0.4 is 0 Å². The molecule has 0 amide bonds. The highest BCUT2D eigenvalue weighted by Crippen LogP contribution is 2.31. The lowest BCUT2D eigenvalue weighted by Gasteiger charge is -2.24. The van der Waals surface area contributed by atoms with E-state index < -0.39 is 11.4 Å². The van der Waals surface area contributed by atoms with E-state index in [1.54, 1.807) is 0 Å². The summed E-state index contributed by atoms with van der Waals surface area (Å²) in [5.41, 5.74) is 0.869. The van der Waals surface area contributed by atoms with Gasteiger partial charge in [-0.15, -0.1) is 0 Å². The van der Waals surface area contributed by atoms with E-state index in [9.17, 15) is 15.2 Å². The number of aryl methyl sites for hydroxylation is 1. The first-order chi connectivity index (χ1) is 8.13. The quantitative estimate of drug-likeness (QED) is 0.870. The third kappa shape index (κ3) is 2.38. The van der Waals surface area contributed by atoms with Gasteiger partial charge in [0.1, 0.15) is 0 Å². The first-order valence-electron chi connectivity index (χ1n) is 5.89. The van der Waals surface area contributed by atoms with Crippen molar-refractivity contribution < 1.29 is 9.90 Å². The molecule has 1 unspecified atom stereocenters. The fourth-order valence-corrected chi connectivity index (χ4v) is 1.85. The second-order valence-electron chi connectivity index (χ2n) is 5.82. The lowest BCUT2D eigenvalue weighted by atomic mass is 9.77. The van der Waals surface area contributed by atoms with E-state index in [0.717, 1.165) is 11.1 Å². The van der Waals surface area contributed by atoms with Crippen molar-refractivity contribution in [2.24, 2.45) is 0 Å². The van der Waals surface area contributed by atoms with Gasteiger partial charge in [-0.2, -0.15) is 5.26 Å². The molecule has 0 aromatic heterocycles. The van der Waals surface area contributed by atoms with E-state index in [-0.39, 0.29) is 5.41 Å². The Morgan fingerprint density at radius 2 is 1.83 bits per heavy atom. The Morgan fingerprint density at radius 1 is 1.28 bits per heavy atom. The molecule has 3 nitrogen and oxygen atoms in total. The number of benzene rings is 1. The molecule has 0 radical (unpaired) electrons. The van der Waals surface area contributed by atoms with Crippen molar-refractivity contribution in [3.05, 3.63) is 34.9 Å². The Balaban J connectivity index is 3.51. The smallest absolute Gasteiger partial charge is 0.328 e. The Morgan fingerprint density at radius 3 is 2.22 bits per heavy atom. The molecule has 0 heterocycles. The lowest BCUT2D eigenvalue weighted by molar-refractivity contribution is -0.141. The lowest BCUT2D eigenvalue weighted by Crippen LogP contribution is -2.32. The third-order valence-corrected chi connectivity index (χ3v) is 3.29. The molecule has 0 saturated heterocycles. The van der Waals surface area contributed by atoms with Crippen LogP contribution in [0.2, 0.25) is 0 Å². The summed E-state index contributed by atoms with van der Waals surface area (Å²) in [5, 5.41) is 18.5. The van der Waals surface area contributed by atoms with Gasteiger partial charge in [-0.25, -0.2) is 0 Å². The number of hydrogen-bond donors (Lipinski definition) is 1. The number of nitriles is 1. The summed E-state index contributed by atoms with van der Waals surface area (Å²) in [6, 6.07) is 7.62. The molecule has 0 saturated carbocycles. The van der Waals surface area contributed by atoms with Crippen LogP contribution in [-0.2, 0) is 15.6 Å². The van der Waals surface area contributed by atoms with Crippen molar-refractivity contribution in [2.45, 2.75) is 45.4 Å². The molecule has 1 aromatic rings. The standard InChI is InChI=1S/C15H19NO2/c1-10-6-7-11(14(2,3)4)8-12(10)15(5,9-16)13(17)18/h6-8H,1-5H3,(H,17,18). The molecule has 1 atom stereocenters. The molecular weight excluding hydrogens is 226 g/mol. The van der Waals surface area contributed by atoms with E-state index >= 15 is 0 Å². The minimum atomic E-state index is -1.49. The molecule has 1 rings (SSSR count). The highest BCUT2D eigenvalue weighted by molar-refractivity contribution is 5.85. The summed E-state index contributed by atoms with van der Waals surface area (Å²) in [7, 11) is 0. The molecule has 3 heteroatoms. The molecule has 0 bridgehead atoms. The number of rotatable bonds is 2. The van der Waals surface area contributed by atoms with Gasteiger partial charge in [0.2, 0.25) is 0 Å². The van der Waals surface area contributed by atoms with Gasteiger partial charge >= 0.3 is 5.97 Å². The number of carbonyl (C=O) groups is 1. The molecule has 0 aliphatic heterocycles. The number of hydrogen-bond acceptors (Lipinski definition) is 2. The average Bonchev–Trinajstić information content (AvgIpc) is 2.26. The SMILES string of the molecule is Cc1ccc(C(C)(C)C)cc1C(C)(C#N)C(=O)O. The predicted octanol–water partition coefficient (Wildman–Crippen LogP) is 3.16. The molecule has 18 heavy (non-hydrogen) atoms. The van der Waals surface area contributed by atoms with E-state index in [1.165, 1.54) is 6.92 Å². The predicted molar refractivity (Wildman–Crippen MR) is 70.5 cm³/mol. The molecule has 1 aromatic carbocycles. The van der Waals surface area contributed by atoms with E-state index in [1.807, 2.05) is 31.2 Å². The van der Waals surface area contributed by atoms with Crippen LogP contribution in [0.15, 0.2) is 18.2 Å². The highest BCUT2D eigenvalue weighted by atomic mass is 16.4. The zero-order valence-corrected chi connectivity index (χ0v) is 11.5. The molecule has 96 valence electrons. The molecule has 1 N–H and O–H groups in total. The zero-order chi connectivity index (χ0) is 14.1. The summed E-state index contributed by atoms with van der Waals surface area (Å²) in [5.74, 6) is -1.11. The number of carboxylic acid groups (broad SMARTS) is 1. The maximum atomic E-state index is 11.3. The van der Waals surface area contributed by atoms with Crippen molar-refractivity contribution in [2.75, 3.05) is 0 Å². The van der Waals surface area contributed by atoms with Gasteiger partial charge in [0.05, 0.1) is 6.07 Å². The van der Waals surface area contributed by atoms with Crippen LogP contribution >= 0.6 is 0 Å². The van der Waals surface area contributed by atoms with Gasteiger partial charge in [-0.1, -0.05) is 39.0 Å². The summed E-state index contributed by atoms with van der Waals surface area (Å²) >= 11 is 0. The van der Waals surface area contributed by atoms with Crippen molar-refractivity contribution >= 4 is 5.97 Å². The van der Waals surface area contributed by atoms with Gasteiger partial charge in [0, 0.05) is 0 Å². The molecular formula is C15H19NO2. The van der Waals surface area contributed by atoms with Crippen LogP contribution in [0, 0.1) is 18.3 Å². The molecule has 0 spiro atoms. The monoisotopic (exact) mass is 245 g/mol. The highest BCUT2D eigenvalue weighted by Gasteiger charge is 2.37. The summed E-state index contributed by atoms with van der Waals surface area (Å²) in [6.07, 6.45) is 0. The summed E-state index contributed by atoms with van der Waals surface area (Å²) in [4.78, 5) is 11.3. The zero-order valence-electron chi connectivity index (χ0n) is 11.5. The van der Waals surface area contributed by atoms with E-state index in [0.29, 0.717) is 5.56 Å². The molecule has 0 aliphatic carbocycles. The number of aliphatic carboxylic acids is 1. The van der Waals surface area contributed by atoms with Crippen LogP contribution in [0.25, 0.3) is 0 Å². The Kier molecular flexibility index (Phi) is 3.52. The Bertz CT molecular complexity index is 520. The summed E-state index contributed by atoms with van der Waals surface area (Å²) in [6.45, 7) is 9.47. The fraction of sp³-hybridized carbons (Fsp3) is 0.467. The number of nitrogens with zero attached hydrogens (tertiary/aromatic N) is 1. The maximum Gasteiger partial charge on any atom is 0.328 e. The van der Waals surface area contributed by atoms with Gasteiger partial charge in [-0.05, 0) is 36.0 Å². The number of carboxylic acids is 1. The normalized spacial score (nSPS) is 14.7. The van der Waals surface area contributed by atoms with Crippen molar-refractivity contribution in [3.63, 3.8) is 0 Å². The second-order valence-corrected chi connectivity index (χ2v) is 5.82. The van der Waals surface area contributed by atoms with Gasteiger partial charge in [-0.3, -0.25) is 4.79 Å². The largest absolute Gasteiger partial charge is 0.480 e. The second kappa shape index (κ2) is 4.45. The van der Waals surface area contributed by atoms with Crippen LogP contribution in [0.4, 0.5) is 0 Å². The maximum absolute atomic E-state index is 11.3. The van der Waals surface area contributed by atoms with Crippen LogP contribution in [-0.4, -0.2) is 11.1 Å². The Hall–Kier alpha value is -1.82. The van der Waals surface area contributed by atoms with Gasteiger partial charge in [0.15, 0.2) is 5.41 Å². The van der Waals surface area contributed by atoms with Crippen molar-refractivity contribution in [1.29, 1.82) is 5.26 Å². The van der Waals surface area contributed by atoms with E-state index in [2.05, 4.69) is 20.8 Å². The molecule has 0 aliphatic rings. The first-order valence-corrected chi connectivity index (χ1v) is 5.89. The third-order valence-electron chi connectivity index (χ3n) is 3.29. The minimum Gasteiger partial charge on any atom is -0.480 e. The van der Waals surface area contributed by atoms with Crippen molar-refractivity contribution in [1.82, 2.24) is 0 Å². The van der Waals surface area contributed by atoms with Gasteiger partial charge < -0.3 is 5.11 Å². The van der Waals surface area contributed by atoms with Crippen molar-refractivity contribution in [3.8, 4) is 6.07 Å². The van der Waals surface area contributed by atoms with Crippen LogP contribution in [0.5, 0.6) is 0 Å². The van der Waals surface area contributed by atoms with Crippen LogP contribution in [0.1, 0.15) is 44.4 Å².